The van der Waals surface area contributed by atoms with E-state index in [1.165, 1.54) is 0 Å². The Hall–Kier alpha value is -0.450. The van der Waals surface area contributed by atoms with Gasteiger partial charge in [-0.3, -0.25) is 4.90 Å². The van der Waals surface area contributed by atoms with Gasteiger partial charge in [-0.05, 0) is 0 Å². The van der Waals surface area contributed by atoms with Gasteiger partial charge in [0.2, 0.25) is 0 Å². The topological polar surface area (TPSA) is 58.4 Å². The molecule has 0 amide bonds. The van der Waals surface area contributed by atoms with Crippen LogP contribution < -0.4 is 11.1 Å². The maximum Gasteiger partial charge on any atom is 0.138 e. The van der Waals surface area contributed by atoms with Gasteiger partial charge in [0.25, 0.3) is 0 Å². The number of hydrogen-bond donors (Lipinski definition) is 2. The van der Waals surface area contributed by atoms with E-state index < -0.39 is 0 Å². The second-order valence-corrected chi connectivity index (χ2v) is 2.73. The van der Waals surface area contributed by atoms with Gasteiger partial charge < -0.3 is 15.8 Å². The third-order valence-electron chi connectivity index (χ3n) is 1.97. The van der Waals surface area contributed by atoms with Crippen LogP contribution in [-0.4, -0.2) is 50.0 Å². The first kappa shape index (κ1) is 8.64. The lowest BCUT2D eigenvalue weighted by atomic mass is 10.2. The van der Waals surface area contributed by atoms with Gasteiger partial charge in [0.05, 0.1) is 6.04 Å². The maximum absolute atomic E-state index is 10.5. The van der Waals surface area contributed by atoms with Crippen LogP contribution in [0.4, 0.5) is 0 Å². The lowest BCUT2D eigenvalue weighted by Gasteiger charge is -2.32. The first-order valence-electron chi connectivity index (χ1n) is 3.98. The standard InChI is InChI=1S/C7H15N3O/c8-1-3-10-4-2-9-5-7(10)6-11/h6-7,9H,1-5,8H2. The molecule has 1 fully saturated rings. The molecule has 1 aliphatic heterocycles. The van der Waals surface area contributed by atoms with Crippen LogP contribution in [0.15, 0.2) is 0 Å². The summed E-state index contributed by atoms with van der Waals surface area (Å²) in [5, 5.41) is 3.16. The highest BCUT2D eigenvalue weighted by molar-refractivity contribution is 5.58. The summed E-state index contributed by atoms with van der Waals surface area (Å²) in [5.74, 6) is 0. The average Bonchev–Trinajstić information content (AvgIpc) is 2.06. The van der Waals surface area contributed by atoms with E-state index >= 15 is 0 Å². The fraction of sp³-hybridized carbons (Fsp3) is 0.857. The minimum absolute atomic E-state index is 0.0345. The zero-order chi connectivity index (χ0) is 8.10. The smallest absolute Gasteiger partial charge is 0.138 e. The van der Waals surface area contributed by atoms with Crippen molar-refractivity contribution < 1.29 is 4.79 Å². The van der Waals surface area contributed by atoms with E-state index in [0.29, 0.717) is 6.54 Å². The molecule has 0 bridgehead atoms. The molecule has 0 aromatic heterocycles. The summed E-state index contributed by atoms with van der Waals surface area (Å²) >= 11 is 0. The van der Waals surface area contributed by atoms with Crippen molar-refractivity contribution in [3.05, 3.63) is 0 Å². The Balaban J connectivity index is 2.37. The molecule has 4 nitrogen and oxygen atoms in total. The molecule has 0 aliphatic carbocycles. The molecule has 1 saturated heterocycles. The number of piperazine rings is 1. The van der Waals surface area contributed by atoms with Gasteiger partial charge in [-0.25, -0.2) is 0 Å². The molecule has 1 aliphatic rings. The van der Waals surface area contributed by atoms with E-state index in [0.717, 1.165) is 32.5 Å². The van der Waals surface area contributed by atoms with Crippen LogP contribution in [0.2, 0.25) is 0 Å². The Morgan fingerprint density at radius 3 is 3.18 bits per heavy atom. The first-order chi connectivity index (χ1) is 5.38. The van der Waals surface area contributed by atoms with Crippen molar-refractivity contribution in [1.82, 2.24) is 10.2 Å². The van der Waals surface area contributed by atoms with Crippen LogP contribution in [0.1, 0.15) is 0 Å². The average molecular weight is 157 g/mol. The van der Waals surface area contributed by atoms with E-state index in [4.69, 9.17) is 5.73 Å². The molecule has 11 heavy (non-hydrogen) atoms. The first-order valence-corrected chi connectivity index (χ1v) is 3.98. The summed E-state index contributed by atoms with van der Waals surface area (Å²) in [4.78, 5) is 12.6. The Labute approximate surface area is 66.7 Å². The predicted molar refractivity (Wildman–Crippen MR) is 43.3 cm³/mol. The third-order valence-corrected chi connectivity index (χ3v) is 1.97. The number of hydrogen-bond acceptors (Lipinski definition) is 4. The number of nitrogens with two attached hydrogens (primary N) is 1. The lowest BCUT2D eigenvalue weighted by molar-refractivity contribution is -0.112. The van der Waals surface area contributed by atoms with Crippen molar-refractivity contribution in [2.45, 2.75) is 6.04 Å². The van der Waals surface area contributed by atoms with Crippen LogP contribution in [0.5, 0.6) is 0 Å². The zero-order valence-electron chi connectivity index (χ0n) is 6.62. The molecule has 0 aromatic carbocycles. The summed E-state index contributed by atoms with van der Waals surface area (Å²) in [5.41, 5.74) is 5.40. The van der Waals surface area contributed by atoms with Gasteiger partial charge in [-0.1, -0.05) is 0 Å². The monoisotopic (exact) mass is 157 g/mol. The van der Waals surface area contributed by atoms with Gasteiger partial charge in [0.1, 0.15) is 6.29 Å². The van der Waals surface area contributed by atoms with E-state index in [1.807, 2.05) is 0 Å². The van der Waals surface area contributed by atoms with Gasteiger partial charge in [-0.15, -0.1) is 0 Å². The molecule has 0 spiro atoms. The van der Waals surface area contributed by atoms with Crippen molar-refractivity contribution >= 4 is 6.29 Å². The molecule has 0 aromatic rings. The van der Waals surface area contributed by atoms with Crippen molar-refractivity contribution in [2.24, 2.45) is 5.73 Å². The number of nitrogens with zero attached hydrogens (tertiary/aromatic N) is 1. The fourth-order valence-corrected chi connectivity index (χ4v) is 1.35. The van der Waals surface area contributed by atoms with Crippen LogP contribution >= 0.6 is 0 Å². The van der Waals surface area contributed by atoms with E-state index in [1.54, 1.807) is 0 Å². The van der Waals surface area contributed by atoms with Gasteiger partial charge >= 0.3 is 0 Å². The lowest BCUT2D eigenvalue weighted by Crippen LogP contribution is -2.53. The summed E-state index contributed by atoms with van der Waals surface area (Å²) in [6.07, 6.45) is 0.988. The summed E-state index contributed by atoms with van der Waals surface area (Å²) in [6, 6.07) is 0.0345. The number of rotatable bonds is 3. The van der Waals surface area contributed by atoms with Crippen molar-refractivity contribution in [1.29, 1.82) is 0 Å². The quantitative estimate of drug-likeness (QED) is 0.485. The molecular formula is C7H15N3O. The second kappa shape index (κ2) is 4.43. The Morgan fingerprint density at radius 1 is 1.73 bits per heavy atom. The van der Waals surface area contributed by atoms with Gasteiger partial charge in [-0.2, -0.15) is 0 Å². The van der Waals surface area contributed by atoms with E-state index in [2.05, 4.69) is 10.2 Å². The predicted octanol–water partition coefficient (Wildman–Crippen LogP) is -1.58. The Kier molecular flexibility index (Phi) is 3.48. The zero-order valence-corrected chi connectivity index (χ0v) is 6.62. The highest BCUT2D eigenvalue weighted by atomic mass is 16.1. The summed E-state index contributed by atoms with van der Waals surface area (Å²) < 4.78 is 0. The minimum atomic E-state index is 0.0345. The van der Waals surface area contributed by atoms with Crippen LogP contribution in [0, 0.1) is 0 Å². The molecule has 4 heteroatoms. The number of aldehydes is 1. The number of nitrogens with one attached hydrogen (secondary N) is 1. The maximum atomic E-state index is 10.5. The van der Waals surface area contributed by atoms with Crippen LogP contribution in [-0.2, 0) is 4.79 Å². The highest BCUT2D eigenvalue weighted by Gasteiger charge is 2.19. The van der Waals surface area contributed by atoms with Crippen molar-refractivity contribution in [3.63, 3.8) is 0 Å². The van der Waals surface area contributed by atoms with Gasteiger partial charge in [0, 0.05) is 32.7 Å². The Morgan fingerprint density at radius 2 is 2.55 bits per heavy atom. The molecular weight excluding hydrogens is 142 g/mol. The van der Waals surface area contributed by atoms with Crippen molar-refractivity contribution in [3.8, 4) is 0 Å². The summed E-state index contributed by atoms with van der Waals surface area (Å²) in [7, 11) is 0. The molecule has 0 saturated carbocycles. The number of carbonyl (C=O) groups is 1. The molecule has 1 atom stereocenters. The normalized spacial score (nSPS) is 26.8. The fourth-order valence-electron chi connectivity index (χ4n) is 1.35. The third kappa shape index (κ3) is 2.25. The van der Waals surface area contributed by atoms with Crippen molar-refractivity contribution in [2.75, 3.05) is 32.7 Å². The molecule has 3 N–H and O–H groups in total. The van der Waals surface area contributed by atoms with Crippen LogP contribution in [0.25, 0.3) is 0 Å². The number of carbonyl (C=O) groups excluding carboxylic acids is 1. The van der Waals surface area contributed by atoms with Crippen LogP contribution in [0.3, 0.4) is 0 Å². The SMILES string of the molecule is NCCN1CCNCC1C=O. The molecule has 0 radical (unpaired) electrons. The largest absolute Gasteiger partial charge is 0.329 e. The highest BCUT2D eigenvalue weighted by Crippen LogP contribution is 1.98. The molecule has 1 heterocycles. The van der Waals surface area contributed by atoms with E-state index in [-0.39, 0.29) is 6.04 Å². The molecule has 64 valence electrons. The van der Waals surface area contributed by atoms with E-state index in [9.17, 15) is 4.79 Å². The molecule has 1 rings (SSSR count). The minimum Gasteiger partial charge on any atom is -0.329 e. The Bertz CT molecular complexity index is 127. The van der Waals surface area contributed by atoms with Gasteiger partial charge in [0.15, 0.2) is 0 Å². The summed E-state index contributed by atoms with van der Waals surface area (Å²) in [6.45, 7) is 4.11. The second-order valence-electron chi connectivity index (χ2n) is 2.73. The molecule has 1 unspecified atom stereocenters.